The number of hydrogen-bond acceptors (Lipinski definition) is 6. The van der Waals surface area contributed by atoms with Gasteiger partial charge in [0.15, 0.2) is 28.3 Å². The predicted molar refractivity (Wildman–Crippen MR) is 84.4 cm³/mol. The second-order valence-electron chi connectivity index (χ2n) is 4.85. The zero-order valence-corrected chi connectivity index (χ0v) is 12.5. The minimum atomic E-state index is -0.398. The fourth-order valence-corrected chi connectivity index (χ4v) is 2.36. The summed E-state index contributed by atoms with van der Waals surface area (Å²) in [5, 5.41) is 19.6. The van der Waals surface area contributed by atoms with Gasteiger partial charge < -0.3 is 24.1 Å². The van der Waals surface area contributed by atoms with Crippen molar-refractivity contribution >= 4 is 11.0 Å². The summed E-state index contributed by atoms with van der Waals surface area (Å²) in [5.74, 6) is 0.666. The number of phenolic OH excluding ortho intramolecular Hbond substituents is 2. The average molecular weight is 314 g/mol. The van der Waals surface area contributed by atoms with Crippen LogP contribution in [0.15, 0.2) is 45.6 Å². The van der Waals surface area contributed by atoms with E-state index >= 15 is 0 Å². The Kier molecular flexibility index (Phi) is 3.57. The maximum atomic E-state index is 12.3. The Labute approximate surface area is 131 Å². The molecule has 0 saturated carbocycles. The van der Waals surface area contributed by atoms with E-state index in [0.717, 1.165) is 0 Å². The fourth-order valence-electron chi connectivity index (χ4n) is 2.36. The number of rotatable bonds is 3. The van der Waals surface area contributed by atoms with Gasteiger partial charge in [-0.25, -0.2) is 0 Å². The molecule has 6 nitrogen and oxygen atoms in total. The van der Waals surface area contributed by atoms with Crippen molar-refractivity contribution in [2.75, 3.05) is 14.2 Å². The molecule has 0 saturated heterocycles. The average Bonchev–Trinajstić information content (AvgIpc) is 2.55. The van der Waals surface area contributed by atoms with Gasteiger partial charge in [0.05, 0.1) is 14.2 Å². The summed E-state index contributed by atoms with van der Waals surface area (Å²) in [6.07, 6.45) is 0. The van der Waals surface area contributed by atoms with Crippen molar-refractivity contribution in [2.45, 2.75) is 0 Å². The second kappa shape index (κ2) is 5.57. The molecule has 0 radical (unpaired) electrons. The van der Waals surface area contributed by atoms with Crippen molar-refractivity contribution in [3.05, 3.63) is 46.6 Å². The van der Waals surface area contributed by atoms with Crippen LogP contribution in [-0.2, 0) is 0 Å². The first-order valence-electron chi connectivity index (χ1n) is 6.76. The molecule has 0 unspecified atom stereocenters. The lowest BCUT2D eigenvalue weighted by Gasteiger charge is -2.09. The second-order valence-corrected chi connectivity index (χ2v) is 4.85. The largest absolute Gasteiger partial charge is 0.507 e. The molecule has 2 aromatic carbocycles. The lowest BCUT2D eigenvalue weighted by atomic mass is 10.1. The molecule has 0 aliphatic carbocycles. The van der Waals surface area contributed by atoms with Crippen molar-refractivity contribution in [1.82, 2.24) is 0 Å². The van der Waals surface area contributed by atoms with E-state index in [0.29, 0.717) is 11.3 Å². The van der Waals surface area contributed by atoms with Gasteiger partial charge in [0.2, 0.25) is 0 Å². The van der Waals surface area contributed by atoms with Gasteiger partial charge in [0.1, 0.15) is 16.9 Å². The van der Waals surface area contributed by atoms with Crippen molar-refractivity contribution < 1.29 is 24.1 Å². The van der Waals surface area contributed by atoms with Crippen LogP contribution in [0, 0.1) is 0 Å². The van der Waals surface area contributed by atoms with E-state index in [1.807, 2.05) is 0 Å². The van der Waals surface area contributed by atoms with Crippen LogP contribution in [0.4, 0.5) is 0 Å². The fraction of sp³-hybridized carbons (Fsp3) is 0.118. The van der Waals surface area contributed by atoms with Crippen LogP contribution in [0.2, 0.25) is 0 Å². The molecule has 0 aliphatic rings. The Bertz CT molecular complexity index is 942. The Morgan fingerprint density at radius 3 is 2.30 bits per heavy atom. The first-order chi connectivity index (χ1) is 11.0. The first kappa shape index (κ1) is 14.8. The first-order valence-corrected chi connectivity index (χ1v) is 6.76. The van der Waals surface area contributed by atoms with E-state index in [1.165, 1.54) is 38.5 Å². The van der Waals surface area contributed by atoms with Gasteiger partial charge >= 0.3 is 0 Å². The number of ether oxygens (including phenoxy) is 2. The van der Waals surface area contributed by atoms with Crippen molar-refractivity contribution in [3.8, 4) is 34.3 Å². The summed E-state index contributed by atoms with van der Waals surface area (Å²) in [6, 6.07) is 8.75. The monoisotopic (exact) mass is 314 g/mol. The van der Waals surface area contributed by atoms with E-state index in [-0.39, 0.29) is 34.0 Å². The molecule has 0 atom stereocenters. The number of aromatic hydroxyl groups is 2. The van der Waals surface area contributed by atoms with Gasteiger partial charge in [0.25, 0.3) is 0 Å². The highest BCUT2D eigenvalue weighted by atomic mass is 16.5. The minimum absolute atomic E-state index is 0.0189. The predicted octanol–water partition coefficient (Wildman–Crippen LogP) is 2.89. The number of phenols is 2. The van der Waals surface area contributed by atoms with Gasteiger partial charge in [-0.1, -0.05) is 0 Å². The van der Waals surface area contributed by atoms with E-state index in [2.05, 4.69) is 0 Å². The topological polar surface area (TPSA) is 89.1 Å². The summed E-state index contributed by atoms with van der Waals surface area (Å²) in [7, 11) is 2.87. The van der Waals surface area contributed by atoms with Crippen LogP contribution in [0.5, 0.6) is 23.0 Å². The molecule has 23 heavy (non-hydrogen) atoms. The number of methoxy groups -OCH3 is 2. The van der Waals surface area contributed by atoms with Gasteiger partial charge in [-0.15, -0.1) is 0 Å². The molecule has 2 N–H and O–H groups in total. The highest BCUT2D eigenvalue weighted by molar-refractivity contribution is 5.89. The molecule has 1 heterocycles. The van der Waals surface area contributed by atoms with E-state index in [9.17, 15) is 15.0 Å². The summed E-state index contributed by atoms with van der Waals surface area (Å²) in [5.41, 5.74) is 0.302. The van der Waals surface area contributed by atoms with Crippen molar-refractivity contribution in [2.24, 2.45) is 0 Å². The maximum absolute atomic E-state index is 12.3. The van der Waals surface area contributed by atoms with Crippen LogP contribution in [0.1, 0.15) is 0 Å². The third-order valence-electron chi connectivity index (χ3n) is 3.50. The zero-order valence-electron chi connectivity index (χ0n) is 12.5. The number of hydrogen-bond donors (Lipinski definition) is 2. The highest BCUT2D eigenvalue weighted by Gasteiger charge is 2.15. The molecular weight excluding hydrogens is 300 g/mol. The van der Waals surface area contributed by atoms with E-state index < -0.39 is 5.43 Å². The number of fused-ring (bicyclic) bond motifs is 1. The molecule has 6 heteroatoms. The Balaban J connectivity index is 2.30. The molecule has 3 aromatic rings. The van der Waals surface area contributed by atoms with Crippen molar-refractivity contribution in [3.63, 3.8) is 0 Å². The van der Waals surface area contributed by atoms with Crippen LogP contribution in [-0.4, -0.2) is 24.4 Å². The quantitative estimate of drug-likeness (QED) is 0.772. The molecule has 0 fully saturated rings. The smallest absolute Gasteiger partial charge is 0.197 e. The Hall–Kier alpha value is -3.15. The third-order valence-corrected chi connectivity index (χ3v) is 3.50. The van der Waals surface area contributed by atoms with Gasteiger partial charge in [-0.2, -0.15) is 0 Å². The SMILES string of the molecule is COc1cc(-c2cc(=O)c3c(O)ccc(OC)c3o2)ccc1O. The summed E-state index contributed by atoms with van der Waals surface area (Å²) >= 11 is 0. The Morgan fingerprint density at radius 1 is 0.913 bits per heavy atom. The lowest BCUT2D eigenvalue weighted by Crippen LogP contribution is -2.02. The molecule has 0 amide bonds. The molecular formula is C17H14O6. The molecule has 0 spiro atoms. The summed E-state index contributed by atoms with van der Waals surface area (Å²) in [6.45, 7) is 0. The van der Waals surface area contributed by atoms with E-state index in [1.54, 1.807) is 12.1 Å². The molecule has 0 bridgehead atoms. The lowest BCUT2D eigenvalue weighted by molar-refractivity contribution is 0.373. The minimum Gasteiger partial charge on any atom is -0.507 e. The highest BCUT2D eigenvalue weighted by Crippen LogP contribution is 2.35. The van der Waals surface area contributed by atoms with Crippen LogP contribution >= 0.6 is 0 Å². The molecule has 0 aliphatic heterocycles. The summed E-state index contributed by atoms with van der Waals surface area (Å²) in [4.78, 5) is 12.3. The van der Waals surface area contributed by atoms with Crippen LogP contribution < -0.4 is 14.9 Å². The molecule has 3 rings (SSSR count). The van der Waals surface area contributed by atoms with Gasteiger partial charge in [-0.3, -0.25) is 4.79 Å². The molecule has 118 valence electrons. The van der Waals surface area contributed by atoms with Crippen LogP contribution in [0.3, 0.4) is 0 Å². The summed E-state index contributed by atoms with van der Waals surface area (Å²) < 4.78 is 16.0. The zero-order chi connectivity index (χ0) is 16.6. The van der Waals surface area contributed by atoms with Crippen LogP contribution in [0.25, 0.3) is 22.3 Å². The Morgan fingerprint density at radius 2 is 1.61 bits per heavy atom. The van der Waals surface area contributed by atoms with Gasteiger partial charge in [0, 0.05) is 11.6 Å². The normalized spacial score (nSPS) is 10.7. The van der Waals surface area contributed by atoms with E-state index in [4.69, 9.17) is 13.9 Å². The maximum Gasteiger partial charge on any atom is 0.197 e. The van der Waals surface area contributed by atoms with Crippen molar-refractivity contribution in [1.29, 1.82) is 0 Å². The molecule has 1 aromatic heterocycles. The third kappa shape index (κ3) is 2.44. The number of benzene rings is 2. The van der Waals surface area contributed by atoms with Gasteiger partial charge in [-0.05, 0) is 30.3 Å². The standard InChI is InChI=1S/C17H14O6/c1-21-13-6-5-11(19)16-12(20)8-14(23-17(13)16)9-3-4-10(18)15(7-9)22-2/h3-8,18-19H,1-2H3.